The molecule has 94 valence electrons. The van der Waals surface area contributed by atoms with Crippen LogP contribution in [0.25, 0.3) is 0 Å². The zero-order chi connectivity index (χ0) is 12.8. The van der Waals surface area contributed by atoms with E-state index in [1.165, 1.54) is 13.2 Å². The second-order valence-electron chi connectivity index (χ2n) is 4.17. The minimum atomic E-state index is -0.205. The Morgan fingerprint density at radius 1 is 1.29 bits per heavy atom. The zero-order valence-electron chi connectivity index (χ0n) is 10.1. The normalized spacial score (nSPS) is 12.1. The van der Waals surface area contributed by atoms with Crippen LogP contribution in [0.2, 0.25) is 0 Å². The number of benzene rings is 1. The van der Waals surface area contributed by atoms with Crippen molar-refractivity contribution in [2.24, 2.45) is 5.92 Å². The molecule has 1 atom stereocenters. The van der Waals surface area contributed by atoms with Crippen LogP contribution in [0.1, 0.15) is 25.3 Å². The number of esters is 1. The molecule has 0 aliphatic heterocycles. The van der Waals surface area contributed by atoms with Gasteiger partial charge in [0.2, 0.25) is 0 Å². The number of ether oxygens (including phenoxy) is 1. The van der Waals surface area contributed by atoms with Crippen LogP contribution < -0.4 is 0 Å². The summed E-state index contributed by atoms with van der Waals surface area (Å²) in [4.78, 5) is 11.2. The Hall–Kier alpha value is -1.71. The maximum atomic E-state index is 11.2. The van der Waals surface area contributed by atoms with Crippen LogP contribution in [0, 0.1) is 5.92 Å². The largest absolute Gasteiger partial charge is 0.508 e. The molecule has 0 aliphatic carbocycles. The molecule has 0 spiro atoms. The van der Waals surface area contributed by atoms with Gasteiger partial charge < -0.3 is 14.9 Å². The predicted octanol–water partition coefficient (Wildman–Crippen LogP) is 2.23. The molecule has 0 amide bonds. The van der Waals surface area contributed by atoms with Crippen LogP contribution in [0.3, 0.4) is 0 Å². The monoisotopic (exact) mass is 238 g/mol. The average molecular weight is 238 g/mol. The molecule has 0 fully saturated rings. The summed E-state index contributed by atoms with van der Waals surface area (Å²) in [6.07, 6.45) is 2.24. The topological polar surface area (TPSA) is 66.8 Å². The third kappa shape index (κ3) is 4.34. The third-order valence-electron chi connectivity index (χ3n) is 2.67. The van der Waals surface area contributed by atoms with Gasteiger partial charge in [0.25, 0.3) is 0 Å². The van der Waals surface area contributed by atoms with Crippen LogP contribution in [-0.2, 0) is 16.0 Å². The van der Waals surface area contributed by atoms with Gasteiger partial charge in [-0.2, -0.15) is 0 Å². The molecule has 0 saturated carbocycles. The third-order valence-corrected chi connectivity index (χ3v) is 2.67. The smallest absolute Gasteiger partial charge is 0.308 e. The second kappa shape index (κ2) is 6.13. The highest BCUT2D eigenvalue weighted by Gasteiger charge is 2.12. The molecule has 0 aromatic heterocycles. The van der Waals surface area contributed by atoms with E-state index in [1.54, 1.807) is 12.1 Å². The first-order valence-corrected chi connectivity index (χ1v) is 5.62. The number of hydrogen-bond acceptors (Lipinski definition) is 4. The van der Waals surface area contributed by atoms with Crippen LogP contribution in [0.15, 0.2) is 18.2 Å². The molecular formula is C13H18O4. The fourth-order valence-corrected chi connectivity index (χ4v) is 1.73. The maximum Gasteiger partial charge on any atom is 0.308 e. The summed E-state index contributed by atoms with van der Waals surface area (Å²) in [6, 6.07) is 4.52. The van der Waals surface area contributed by atoms with E-state index in [4.69, 9.17) is 0 Å². The molecule has 1 aromatic rings. The Bertz CT molecular complexity index is 367. The summed E-state index contributed by atoms with van der Waals surface area (Å²) in [5, 5.41) is 18.6. The number of rotatable bonds is 5. The molecule has 0 radical (unpaired) electrons. The maximum absolute atomic E-state index is 11.2. The summed E-state index contributed by atoms with van der Waals surface area (Å²) >= 11 is 0. The highest BCUT2D eigenvalue weighted by Crippen LogP contribution is 2.22. The predicted molar refractivity (Wildman–Crippen MR) is 63.9 cm³/mol. The summed E-state index contributed by atoms with van der Waals surface area (Å²) in [7, 11) is 1.38. The lowest BCUT2D eigenvalue weighted by Crippen LogP contribution is -2.12. The van der Waals surface area contributed by atoms with Crippen LogP contribution in [0.5, 0.6) is 11.5 Å². The molecule has 1 rings (SSSR count). The minimum absolute atomic E-state index is 0.0565. The number of methoxy groups -OCH3 is 1. The number of phenols is 2. The minimum Gasteiger partial charge on any atom is -0.508 e. The van der Waals surface area contributed by atoms with Crippen molar-refractivity contribution in [2.75, 3.05) is 7.11 Å². The van der Waals surface area contributed by atoms with Crippen LogP contribution in [-0.4, -0.2) is 23.3 Å². The number of aryl methyl sites for hydroxylation is 1. The number of carbonyl (C=O) groups is 1. The van der Waals surface area contributed by atoms with E-state index in [-0.39, 0.29) is 23.4 Å². The van der Waals surface area contributed by atoms with Gasteiger partial charge in [0.05, 0.1) is 13.0 Å². The lowest BCUT2D eigenvalue weighted by atomic mass is 10.0. The number of aromatic hydroxyl groups is 2. The van der Waals surface area contributed by atoms with Gasteiger partial charge in [0, 0.05) is 6.07 Å². The van der Waals surface area contributed by atoms with E-state index in [9.17, 15) is 15.0 Å². The fourth-order valence-electron chi connectivity index (χ4n) is 1.73. The first-order chi connectivity index (χ1) is 8.02. The molecule has 2 N–H and O–H groups in total. The van der Waals surface area contributed by atoms with Crippen LogP contribution in [0.4, 0.5) is 0 Å². The lowest BCUT2D eigenvalue weighted by Gasteiger charge is -2.09. The second-order valence-corrected chi connectivity index (χ2v) is 4.17. The molecule has 1 unspecified atom stereocenters. The summed E-state index contributed by atoms with van der Waals surface area (Å²) in [5.74, 6) is -0.211. The van der Waals surface area contributed by atoms with E-state index in [2.05, 4.69) is 4.74 Å². The summed E-state index contributed by atoms with van der Waals surface area (Å²) < 4.78 is 4.63. The van der Waals surface area contributed by atoms with Gasteiger partial charge in [-0.25, -0.2) is 0 Å². The average Bonchev–Trinajstić information content (AvgIpc) is 2.26. The Labute approximate surface area is 101 Å². The van der Waals surface area contributed by atoms with Gasteiger partial charge in [0.1, 0.15) is 11.5 Å². The Morgan fingerprint density at radius 2 is 1.88 bits per heavy atom. The summed E-state index contributed by atoms with van der Waals surface area (Å²) in [5.41, 5.74) is 0.861. The molecule has 0 saturated heterocycles. The number of carbonyl (C=O) groups excluding carboxylic acids is 1. The molecule has 4 heteroatoms. The van der Waals surface area contributed by atoms with Gasteiger partial charge in [-0.3, -0.25) is 4.79 Å². The van der Waals surface area contributed by atoms with Crippen LogP contribution >= 0.6 is 0 Å². The molecule has 1 aromatic carbocycles. The zero-order valence-corrected chi connectivity index (χ0v) is 10.1. The van der Waals surface area contributed by atoms with E-state index in [1.807, 2.05) is 6.92 Å². The van der Waals surface area contributed by atoms with E-state index < -0.39 is 0 Å². The number of phenolic OH excluding ortho intramolecular Hbond substituents is 2. The van der Waals surface area contributed by atoms with Crippen molar-refractivity contribution in [3.8, 4) is 11.5 Å². The van der Waals surface area contributed by atoms with Crippen molar-refractivity contribution in [1.29, 1.82) is 0 Å². The van der Waals surface area contributed by atoms with Crippen molar-refractivity contribution in [2.45, 2.75) is 26.2 Å². The Balaban J connectivity index is 2.43. The molecule has 0 aliphatic rings. The first kappa shape index (κ1) is 13.4. The Morgan fingerprint density at radius 3 is 2.41 bits per heavy atom. The van der Waals surface area contributed by atoms with E-state index in [0.717, 1.165) is 18.4 Å². The van der Waals surface area contributed by atoms with Gasteiger partial charge in [0.15, 0.2) is 0 Å². The van der Waals surface area contributed by atoms with Crippen molar-refractivity contribution in [1.82, 2.24) is 0 Å². The summed E-state index contributed by atoms with van der Waals surface area (Å²) in [6.45, 7) is 1.83. The lowest BCUT2D eigenvalue weighted by molar-refractivity contribution is -0.145. The van der Waals surface area contributed by atoms with Crippen molar-refractivity contribution < 1.29 is 19.7 Å². The van der Waals surface area contributed by atoms with Gasteiger partial charge >= 0.3 is 5.97 Å². The SMILES string of the molecule is COC(=O)C(C)CCCc1cc(O)cc(O)c1. The van der Waals surface area contributed by atoms with Gasteiger partial charge in [-0.15, -0.1) is 0 Å². The Kier molecular flexibility index (Phi) is 4.82. The molecular weight excluding hydrogens is 220 g/mol. The van der Waals surface area contributed by atoms with Gasteiger partial charge in [-0.1, -0.05) is 6.92 Å². The van der Waals surface area contributed by atoms with Gasteiger partial charge in [-0.05, 0) is 37.0 Å². The molecule has 0 heterocycles. The quantitative estimate of drug-likeness (QED) is 0.772. The first-order valence-electron chi connectivity index (χ1n) is 5.62. The number of hydrogen-bond donors (Lipinski definition) is 2. The molecule has 0 bridgehead atoms. The standard InChI is InChI=1S/C13H18O4/c1-9(13(16)17-2)4-3-5-10-6-11(14)8-12(15)7-10/h6-9,14-15H,3-5H2,1-2H3. The van der Waals surface area contributed by atoms with Crippen molar-refractivity contribution in [3.05, 3.63) is 23.8 Å². The molecule has 4 nitrogen and oxygen atoms in total. The van der Waals surface area contributed by atoms with E-state index in [0.29, 0.717) is 6.42 Å². The van der Waals surface area contributed by atoms with Crippen molar-refractivity contribution >= 4 is 5.97 Å². The highest BCUT2D eigenvalue weighted by atomic mass is 16.5. The van der Waals surface area contributed by atoms with E-state index >= 15 is 0 Å². The highest BCUT2D eigenvalue weighted by molar-refractivity contribution is 5.71. The molecule has 17 heavy (non-hydrogen) atoms. The van der Waals surface area contributed by atoms with Crippen molar-refractivity contribution in [3.63, 3.8) is 0 Å². The fraction of sp³-hybridized carbons (Fsp3) is 0.462.